The number of nitrogens with zero attached hydrogens (tertiary/aromatic N) is 1. The number of allylic oxidation sites excluding steroid dienone is 2. The molecule has 3 aromatic carbocycles. The van der Waals surface area contributed by atoms with Gasteiger partial charge in [0.1, 0.15) is 12.4 Å². The van der Waals surface area contributed by atoms with Gasteiger partial charge in [-0.25, -0.2) is 8.42 Å². The average Bonchev–Trinajstić information content (AvgIpc) is 3.42. The Morgan fingerprint density at radius 2 is 1.65 bits per heavy atom. The Balaban J connectivity index is 1.45. The summed E-state index contributed by atoms with van der Waals surface area (Å²) in [7, 11) is -3.53. The second-order valence-corrected chi connectivity index (χ2v) is 11.9. The molecule has 1 aliphatic heterocycles. The highest BCUT2D eigenvalue weighted by Gasteiger charge is 2.39. The summed E-state index contributed by atoms with van der Waals surface area (Å²) in [6.45, 7) is 5.63. The molecule has 1 aliphatic carbocycles. The number of para-hydroxylation sites is 1. The van der Waals surface area contributed by atoms with Crippen molar-refractivity contribution in [2.45, 2.75) is 56.6 Å². The Morgan fingerprint density at radius 3 is 2.41 bits per heavy atom. The fourth-order valence-corrected chi connectivity index (χ4v) is 7.30. The molecular formula is C31H36N2O3S. The van der Waals surface area contributed by atoms with Crippen LogP contribution >= 0.6 is 0 Å². The van der Waals surface area contributed by atoms with Gasteiger partial charge in [-0.2, -0.15) is 4.31 Å². The summed E-state index contributed by atoms with van der Waals surface area (Å²) < 4.78 is 34.9. The van der Waals surface area contributed by atoms with Crippen LogP contribution in [0.4, 0.5) is 5.69 Å². The fraction of sp³-hybridized carbons (Fsp3) is 0.355. The van der Waals surface area contributed by atoms with Gasteiger partial charge in [0.25, 0.3) is 0 Å². The lowest BCUT2D eigenvalue weighted by Crippen LogP contribution is -2.33. The SMILES string of the molecule is CCCN(CCC)S(=O)(=O)c1ccc2c(c1)C1C=CCC1C(c1ccccc1OCc1ccccc1)N2. The molecular weight excluding hydrogens is 480 g/mol. The third kappa shape index (κ3) is 5.18. The molecule has 6 heteroatoms. The van der Waals surface area contributed by atoms with Crippen LogP contribution in [0.25, 0.3) is 0 Å². The lowest BCUT2D eigenvalue weighted by Gasteiger charge is -2.38. The van der Waals surface area contributed by atoms with Crippen LogP contribution in [0.3, 0.4) is 0 Å². The molecule has 5 rings (SSSR count). The van der Waals surface area contributed by atoms with E-state index in [-0.39, 0.29) is 17.9 Å². The molecule has 3 unspecified atom stereocenters. The zero-order valence-corrected chi connectivity index (χ0v) is 22.5. The average molecular weight is 517 g/mol. The Labute approximate surface area is 221 Å². The van der Waals surface area contributed by atoms with Gasteiger partial charge >= 0.3 is 0 Å². The minimum Gasteiger partial charge on any atom is -0.489 e. The molecule has 0 amide bonds. The molecule has 0 fully saturated rings. The number of nitrogens with one attached hydrogen (secondary N) is 1. The monoisotopic (exact) mass is 516 g/mol. The smallest absolute Gasteiger partial charge is 0.243 e. The van der Waals surface area contributed by atoms with Gasteiger partial charge < -0.3 is 10.1 Å². The molecule has 0 aromatic heterocycles. The van der Waals surface area contributed by atoms with Crippen molar-refractivity contribution >= 4 is 15.7 Å². The van der Waals surface area contributed by atoms with Crippen LogP contribution in [-0.2, 0) is 16.6 Å². The van der Waals surface area contributed by atoms with Crippen molar-refractivity contribution in [3.05, 3.63) is 102 Å². The van der Waals surface area contributed by atoms with E-state index in [4.69, 9.17) is 4.74 Å². The Hall–Kier alpha value is -3.09. The van der Waals surface area contributed by atoms with Crippen molar-refractivity contribution in [2.75, 3.05) is 18.4 Å². The molecule has 2 aliphatic rings. The third-order valence-corrected chi connectivity index (χ3v) is 9.30. The van der Waals surface area contributed by atoms with E-state index in [0.717, 1.165) is 47.4 Å². The quantitative estimate of drug-likeness (QED) is 0.298. The minimum atomic E-state index is -3.53. The maximum Gasteiger partial charge on any atom is 0.243 e. The summed E-state index contributed by atoms with van der Waals surface area (Å²) in [5, 5.41) is 3.75. The highest BCUT2D eigenvalue weighted by atomic mass is 32.2. The number of rotatable bonds is 10. The molecule has 0 saturated heterocycles. The maximum atomic E-state index is 13.5. The van der Waals surface area contributed by atoms with Gasteiger partial charge in [0, 0.05) is 30.3 Å². The summed E-state index contributed by atoms with van der Waals surface area (Å²) in [6, 6.07) is 24.1. The summed E-state index contributed by atoms with van der Waals surface area (Å²) in [6.07, 6.45) is 7.01. The maximum absolute atomic E-state index is 13.5. The highest BCUT2D eigenvalue weighted by Crippen LogP contribution is 2.51. The zero-order valence-electron chi connectivity index (χ0n) is 21.6. The molecule has 37 heavy (non-hydrogen) atoms. The van der Waals surface area contributed by atoms with Crippen molar-refractivity contribution < 1.29 is 13.2 Å². The lowest BCUT2D eigenvalue weighted by atomic mass is 9.77. The number of fused-ring (bicyclic) bond motifs is 3. The fourth-order valence-electron chi connectivity index (χ4n) is 5.65. The first-order valence-corrected chi connectivity index (χ1v) is 14.8. The second-order valence-electron chi connectivity index (χ2n) is 9.94. The zero-order chi connectivity index (χ0) is 25.8. The molecule has 1 N–H and O–H groups in total. The molecule has 0 saturated carbocycles. The highest BCUT2D eigenvalue weighted by molar-refractivity contribution is 7.89. The molecule has 3 aromatic rings. The number of ether oxygens (including phenoxy) is 1. The predicted molar refractivity (Wildman–Crippen MR) is 149 cm³/mol. The van der Waals surface area contributed by atoms with Crippen molar-refractivity contribution in [3.63, 3.8) is 0 Å². The van der Waals surface area contributed by atoms with E-state index in [1.54, 1.807) is 10.4 Å². The molecule has 1 heterocycles. The first-order chi connectivity index (χ1) is 18.0. The minimum absolute atomic E-state index is 0.0682. The third-order valence-electron chi connectivity index (χ3n) is 7.41. The molecule has 0 bridgehead atoms. The molecule has 3 atom stereocenters. The van der Waals surface area contributed by atoms with E-state index in [1.807, 2.05) is 56.3 Å². The van der Waals surface area contributed by atoms with E-state index in [1.165, 1.54) is 0 Å². The van der Waals surface area contributed by atoms with E-state index < -0.39 is 10.0 Å². The lowest BCUT2D eigenvalue weighted by molar-refractivity contribution is 0.296. The van der Waals surface area contributed by atoms with Crippen molar-refractivity contribution in [2.24, 2.45) is 5.92 Å². The van der Waals surface area contributed by atoms with Crippen molar-refractivity contribution in [1.29, 1.82) is 0 Å². The van der Waals surface area contributed by atoms with Gasteiger partial charge in [-0.3, -0.25) is 0 Å². The van der Waals surface area contributed by atoms with E-state index in [0.29, 0.717) is 24.6 Å². The Bertz CT molecular complexity index is 1350. The number of benzene rings is 3. The van der Waals surface area contributed by atoms with Gasteiger partial charge in [-0.1, -0.05) is 74.5 Å². The van der Waals surface area contributed by atoms with Crippen LogP contribution in [0.2, 0.25) is 0 Å². The molecule has 0 spiro atoms. The van der Waals surface area contributed by atoms with Gasteiger partial charge in [-0.05, 0) is 60.6 Å². The van der Waals surface area contributed by atoms with Crippen molar-refractivity contribution in [1.82, 2.24) is 4.31 Å². The second kappa shape index (κ2) is 11.1. The number of hydrogen-bond donors (Lipinski definition) is 1. The molecule has 0 radical (unpaired) electrons. The van der Waals surface area contributed by atoms with Crippen molar-refractivity contribution in [3.8, 4) is 5.75 Å². The van der Waals surface area contributed by atoms with Gasteiger partial charge in [-0.15, -0.1) is 0 Å². The van der Waals surface area contributed by atoms with E-state index in [9.17, 15) is 8.42 Å². The largest absolute Gasteiger partial charge is 0.489 e. The number of hydrogen-bond acceptors (Lipinski definition) is 4. The number of anilines is 1. The topological polar surface area (TPSA) is 58.6 Å². The summed E-state index contributed by atoms with van der Waals surface area (Å²) in [5.74, 6) is 1.32. The number of sulfonamides is 1. The van der Waals surface area contributed by atoms with Gasteiger partial charge in [0.05, 0.1) is 10.9 Å². The summed E-state index contributed by atoms with van der Waals surface area (Å²) in [5.41, 5.74) is 4.32. The summed E-state index contributed by atoms with van der Waals surface area (Å²) in [4.78, 5) is 0.388. The van der Waals surface area contributed by atoms with Crippen LogP contribution in [0, 0.1) is 5.92 Å². The van der Waals surface area contributed by atoms with Gasteiger partial charge in [0.15, 0.2) is 0 Å². The van der Waals surface area contributed by atoms with E-state index in [2.05, 4.69) is 41.7 Å². The molecule has 5 nitrogen and oxygen atoms in total. The van der Waals surface area contributed by atoms with Crippen LogP contribution in [0.15, 0.2) is 89.8 Å². The van der Waals surface area contributed by atoms with Crippen LogP contribution in [-0.4, -0.2) is 25.8 Å². The van der Waals surface area contributed by atoms with Gasteiger partial charge in [0.2, 0.25) is 10.0 Å². The van der Waals surface area contributed by atoms with Crippen LogP contribution in [0.5, 0.6) is 5.75 Å². The Kier molecular flexibility index (Phi) is 7.68. The summed E-state index contributed by atoms with van der Waals surface area (Å²) >= 11 is 0. The first-order valence-electron chi connectivity index (χ1n) is 13.4. The first kappa shape index (κ1) is 25.6. The van der Waals surface area contributed by atoms with E-state index >= 15 is 0 Å². The van der Waals surface area contributed by atoms with Crippen LogP contribution < -0.4 is 10.1 Å². The Morgan fingerprint density at radius 1 is 0.919 bits per heavy atom. The molecule has 194 valence electrons. The van der Waals surface area contributed by atoms with Crippen LogP contribution in [0.1, 0.15) is 61.8 Å². The predicted octanol–water partition coefficient (Wildman–Crippen LogP) is 6.90. The standard InChI is InChI=1S/C31H36N2O3S/c1-3-19-33(20-4-2)37(34,35)24-17-18-29-28(21-24)25-14-10-15-26(25)31(32-29)27-13-8-9-16-30(27)36-22-23-11-6-5-7-12-23/h5-14,16-18,21,25-26,31-32H,3-4,15,19-20,22H2,1-2H3. The normalized spacial score (nSPS) is 20.4.